The Morgan fingerprint density at radius 2 is 1.85 bits per heavy atom. The van der Waals surface area contributed by atoms with Gasteiger partial charge in [-0.1, -0.05) is 17.8 Å². The zero-order valence-corrected chi connectivity index (χ0v) is 16.1. The Balaban J connectivity index is 1.96. The molecule has 0 spiro atoms. The Morgan fingerprint density at radius 3 is 2.46 bits per heavy atom. The van der Waals surface area contributed by atoms with Crippen molar-refractivity contribution < 1.29 is 23.1 Å². The molecule has 0 aromatic heterocycles. The summed E-state index contributed by atoms with van der Waals surface area (Å²) in [5.74, 6) is -1.47. The SMILES string of the molecule is Cc1cc(C)cc(N2C(=NC(=O)CCC(=O)O)S[C@H]3CS(=O)(=O)C[C@@H]32)c1. The summed E-state index contributed by atoms with van der Waals surface area (Å²) in [5, 5.41) is 9.00. The number of aryl methyl sites for hydroxylation is 2. The zero-order chi connectivity index (χ0) is 19.1. The third-order valence-electron chi connectivity index (χ3n) is 4.32. The van der Waals surface area contributed by atoms with Crippen LogP contribution in [0, 0.1) is 13.8 Å². The number of aliphatic imine (C=N–C) groups is 1. The van der Waals surface area contributed by atoms with Crippen LogP contribution in [0.3, 0.4) is 0 Å². The maximum absolute atomic E-state index is 12.1. The first-order valence-electron chi connectivity index (χ1n) is 8.22. The number of aliphatic carboxylic acids is 1. The van der Waals surface area contributed by atoms with E-state index in [0.717, 1.165) is 16.8 Å². The van der Waals surface area contributed by atoms with Crippen molar-refractivity contribution in [1.82, 2.24) is 0 Å². The lowest BCUT2D eigenvalue weighted by molar-refractivity contribution is -0.138. The van der Waals surface area contributed by atoms with E-state index in [4.69, 9.17) is 5.11 Å². The average molecular weight is 396 g/mol. The van der Waals surface area contributed by atoms with Crippen LogP contribution in [0.15, 0.2) is 23.2 Å². The molecule has 2 fully saturated rings. The standard InChI is InChI=1S/C17H20N2O5S2/c1-10-5-11(2)7-12(6-10)19-13-8-26(23,24)9-14(13)25-17(19)18-15(20)3-4-16(21)22/h5-7,13-14H,3-4,8-9H2,1-2H3,(H,21,22)/t13-,14-/m0/s1. The predicted octanol–water partition coefficient (Wildman–Crippen LogP) is 1.77. The second-order valence-corrected chi connectivity index (χ2v) is 10.1. The summed E-state index contributed by atoms with van der Waals surface area (Å²) in [7, 11) is -3.12. The van der Waals surface area contributed by atoms with Crippen LogP contribution >= 0.6 is 11.8 Å². The molecule has 0 aliphatic carbocycles. The van der Waals surface area contributed by atoms with Crippen molar-refractivity contribution >= 4 is 44.3 Å². The first kappa shape index (κ1) is 18.9. The van der Waals surface area contributed by atoms with E-state index in [9.17, 15) is 18.0 Å². The number of amides is 1. The molecule has 9 heteroatoms. The smallest absolute Gasteiger partial charge is 0.303 e. The fourth-order valence-electron chi connectivity index (χ4n) is 3.33. The van der Waals surface area contributed by atoms with Crippen molar-refractivity contribution in [3.05, 3.63) is 29.3 Å². The van der Waals surface area contributed by atoms with Gasteiger partial charge in [0.1, 0.15) is 0 Å². The molecule has 0 unspecified atom stereocenters. The number of carboxylic acids is 1. The Kier molecular flexibility index (Phi) is 5.12. The van der Waals surface area contributed by atoms with E-state index in [1.54, 1.807) is 0 Å². The minimum Gasteiger partial charge on any atom is -0.481 e. The third kappa shape index (κ3) is 4.09. The number of carbonyl (C=O) groups is 2. The molecule has 2 aliphatic rings. The monoisotopic (exact) mass is 396 g/mol. The van der Waals surface area contributed by atoms with Gasteiger partial charge in [0, 0.05) is 17.4 Å². The number of hydrogen-bond donors (Lipinski definition) is 1. The van der Waals surface area contributed by atoms with Gasteiger partial charge < -0.3 is 10.0 Å². The Bertz CT molecular complexity index is 874. The highest BCUT2D eigenvalue weighted by atomic mass is 32.2. The topological polar surface area (TPSA) is 104 Å². The minimum absolute atomic E-state index is 0.0278. The van der Waals surface area contributed by atoms with Gasteiger partial charge >= 0.3 is 5.97 Å². The number of amidine groups is 1. The molecule has 140 valence electrons. The Morgan fingerprint density at radius 1 is 1.19 bits per heavy atom. The third-order valence-corrected chi connectivity index (χ3v) is 7.53. The number of benzene rings is 1. The molecule has 3 rings (SSSR count). The molecule has 1 amide bonds. The van der Waals surface area contributed by atoms with Crippen molar-refractivity contribution in [1.29, 1.82) is 0 Å². The van der Waals surface area contributed by atoms with Gasteiger partial charge in [-0.05, 0) is 37.1 Å². The molecule has 1 aromatic rings. The van der Waals surface area contributed by atoms with Gasteiger partial charge in [-0.25, -0.2) is 8.42 Å². The van der Waals surface area contributed by atoms with Crippen LogP contribution in [0.5, 0.6) is 0 Å². The number of anilines is 1. The highest BCUT2D eigenvalue weighted by Gasteiger charge is 2.49. The van der Waals surface area contributed by atoms with Crippen LogP contribution in [0.1, 0.15) is 24.0 Å². The van der Waals surface area contributed by atoms with E-state index in [2.05, 4.69) is 4.99 Å². The van der Waals surface area contributed by atoms with E-state index in [0.29, 0.717) is 5.17 Å². The minimum atomic E-state index is -3.12. The molecule has 0 bridgehead atoms. The number of fused-ring (bicyclic) bond motifs is 1. The second kappa shape index (κ2) is 7.03. The van der Waals surface area contributed by atoms with Gasteiger partial charge in [0.15, 0.2) is 15.0 Å². The highest BCUT2D eigenvalue weighted by molar-refractivity contribution is 8.16. The number of carboxylic acid groups (broad SMARTS) is 1. The largest absolute Gasteiger partial charge is 0.481 e. The highest BCUT2D eigenvalue weighted by Crippen LogP contribution is 2.41. The van der Waals surface area contributed by atoms with Crippen LogP contribution < -0.4 is 4.90 Å². The van der Waals surface area contributed by atoms with Crippen molar-refractivity contribution in [2.45, 2.75) is 38.0 Å². The number of carbonyl (C=O) groups excluding carboxylic acids is 1. The molecule has 1 aromatic carbocycles. The van der Waals surface area contributed by atoms with Crippen molar-refractivity contribution in [2.24, 2.45) is 4.99 Å². The van der Waals surface area contributed by atoms with Crippen molar-refractivity contribution in [3.63, 3.8) is 0 Å². The average Bonchev–Trinajstić information content (AvgIpc) is 2.94. The van der Waals surface area contributed by atoms with Crippen LogP contribution in [0.4, 0.5) is 5.69 Å². The quantitative estimate of drug-likeness (QED) is 0.827. The summed E-state index contributed by atoms with van der Waals surface area (Å²) in [5.41, 5.74) is 2.88. The molecular weight excluding hydrogens is 376 g/mol. The normalized spacial score (nSPS) is 25.5. The van der Waals surface area contributed by atoms with E-state index in [1.807, 2.05) is 36.9 Å². The van der Waals surface area contributed by atoms with Crippen LogP contribution in [0.2, 0.25) is 0 Å². The molecule has 7 nitrogen and oxygen atoms in total. The zero-order valence-electron chi connectivity index (χ0n) is 14.5. The fourth-order valence-corrected chi connectivity index (χ4v) is 7.26. The van der Waals surface area contributed by atoms with Crippen LogP contribution in [0.25, 0.3) is 0 Å². The second-order valence-electron chi connectivity index (χ2n) is 6.70. The van der Waals surface area contributed by atoms with Crippen LogP contribution in [-0.4, -0.2) is 53.4 Å². The summed E-state index contributed by atoms with van der Waals surface area (Å²) in [6.45, 7) is 3.91. The molecule has 2 saturated heterocycles. The molecule has 2 aliphatic heterocycles. The van der Waals surface area contributed by atoms with Crippen molar-refractivity contribution in [3.8, 4) is 0 Å². The number of sulfone groups is 1. The summed E-state index contributed by atoms with van der Waals surface area (Å²) in [6.07, 6.45) is -0.446. The van der Waals surface area contributed by atoms with Crippen LogP contribution in [-0.2, 0) is 19.4 Å². The summed E-state index contributed by atoms with van der Waals surface area (Å²) in [4.78, 5) is 28.6. The fraction of sp³-hybridized carbons (Fsp3) is 0.471. The van der Waals surface area contributed by atoms with Gasteiger partial charge in [-0.3, -0.25) is 9.59 Å². The van der Waals surface area contributed by atoms with Gasteiger partial charge in [-0.15, -0.1) is 0 Å². The lowest BCUT2D eigenvalue weighted by Gasteiger charge is -2.25. The van der Waals surface area contributed by atoms with E-state index < -0.39 is 21.7 Å². The summed E-state index contributed by atoms with van der Waals surface area (Å²) in [6, 6.07) is 5.64. The molecule has 26 heavy (non-hydrogen) atoms. The van der Waals surface area contributed by atoms with Gasteiger partial charge in [0.2, 0.25) is 5.91 Å². The molecule has 0 radical (unpaired) electrons. The predicted molar refractivity (Wildman–Crippen MR) is 102 cm³/mol. The number of rotatable bonds is 4. The maximum Gasteiger partial charge on any atom is 0.303 e. The number of thioether (sulfide) groups is 1. The summed E-state index contributed by atoms with van der Waals surface area (Å²) < 4.78 is 24.1. The lowest BCUT2D eigenvalue weighted by atomic mass is 10.1. The molecule has 2 heterocycles. The lowest BCUT2D eigenvalue weighted by Crippen LogP contribution is -2.37. The molecule has 1 N–H and O–H groups in total. The molecule has 2 atom stereocenters. The van der Waals surface area contributed by atoms with Gasteiger partial charge in [0.05, 0.1) is 24.0 Å². The van der Waals surface area contributed by atoms with E-state index in [-0.39, 0.29) is 35.6 Å². The number of nitrogens with zero attached hydrogens (tertiary/aromatic N) is 2. The maximum atomic E-state index is 12.1. The van der Waals surface area contributed by atoms with Crippen molar-refractivity contribution in [2.75, 3.05) is 16.4 Å². The van der Waals surface area contributed by atoms with Gasteiger partial charge in [0.25, 0.3) is 0 Å². The first-order valence-corrected chi connectivity index (χ1v) is 10.9. The number of hydrogen-bond acceptors (Lipinski definition) is 5. The molecular formula is C17H20N2O5S2. The Labute approximate surface area is 156 Å². The summed E-state index contributed by atoms with van der Waals surface area (Å²) >= 11 is 1.29. The van der Waals surface area contributed by atoms with E-state index in [1.165, 1.54) is 11.8 Å². The Hall–Kier alpha value is -1.87. The van der Waals surface area contributed by atoms with E-state index >= 15 is 0 Å². The first-order chi connectivity index (χ1) is 12.1. The van der Waals surface area contributed by atoms with Gasteiger partial charge in [-0.2, -0.15) is 4.99 Å². The molecule has 0 saturated carbocycles.